The average molecular weight is 324 g/mol. The van der Waals surface area contributed by atoms with Crippen LogP contribution in [0.1, 0.15) is 15.9 Å². The molecule has 3 rings (SSSR count). The first-order chi connectivity index (χ1) is 11.5. The van der Waals surface area contributed by atoms with E-state index in [0.29, 0.717) is 22.2 Å². The number of aromatic carboxylic acids is 1. The third kappa shape index (κ3) is 3.30. The average Bonchev–Trinajstić information content (AvgIpc) is 2.59. The van der Waals surface area contributed by atoms with Crippen LogP contribution in [0, 0.1) is 10.1 Å². The lowest BCUT2D eigenvalue weighted by atomic mass is 10.1. The Hall–Kier alpha value is -3.48. The SMILES string of the molecule is O=C(O)c1cnc2cc(OCc3cccc([N+](=O)[O-])c3)ccc2c1. The molecule has 0 atom stereocenters. The summed E-state index contributed by atoms with van der Waals surface area (Å²) in [6.07, 6.45) is 1.29. The van der Waals surface area contributed by atoms with E-state index in [4.69, 9.17) is 9.84 Å². The van der Waals surface area contributed by atoms with Crippen LogP contribution in [0.25, 0.3) is 10.9 Å². The molecule has 3 aromatic rings. The molecule has 0 spiro atoms. The number of rotatable bonds is 5. The number of pyridine rings is 1. The van der Waals surface area contributed by atoms with Crippen molar-refractivity contribution >= 4 is 22.6 Å². The fraction of sp³-hybridized carbons (Fsp3) is 0.0588. The van der Waals surface area contributed by atoms with Crippen LogP contribution in [0.15, 0.2) is 54.7 Å². The summed E-state index contributed by atoms with van der Waals surface area (Å²) in [5, 5.41) is 20.4. The number of carboxylic acid groups (broad SMARTS) is 1. The Morgan fingerprint density at radius 1 is 1.21 bits per heavy atom. The Bertz CT molecular complexity index is 939. The number of hydrogen-bond acceptors (Lipinski definition) is 5. The van der Waals surface area contributed by atoms with Crippen LogP contribution in [0.5, 0.6) is 5.75 Å². The van der Waals surface area contributed by atoms with Gasteiger partial charge in [-0.3, -0.25) is 15.1 Å². The Kier molecular flexibility index (Phi) is 4.07. The molecular formula is C17H12N2O5. The van der Waals surface area contributed by atoms with Crippen molar-refractivity contribution in [2.75, 3.05) is 0 Å². The molecule has 7 heteroatoms. The number of ether oxygens (including phenoxy) is 1. The van der Waals surface area contributed by atoms with Crippen LogP contribution in [-0.4, -0.2) is 21.0 Å². The maximum atomic E-state index is 10.9. The van der Waals surface area contributed by atoms with Gasteiger partial charge >= 0.3 is 5.97 Å². The molecule has 0 saturated heterocycles. The van der Waals surface area contributed by atoms with Crippen LogP contribution in [-0.2, 0) is 6.61 Å². The molecule has 0 saturated carbocycles. The number of carboxylic acids is 1. The lowest BCUT2D eigenvalue weighted by Gasteiger charge is -2.07. The van der Waals surface area contributed by atoms with E-state index in [2.05, 4.69) is 4.98 Å². The highest BCUT2D eigenvalue weighted by Gasteiger charge is 2.08. The van der Waals surface area contributed by atoms with Gasteiger partial charge in [-0.05, 0) is 23.8 Å². The van der Waals surface area contributed by atoms with Crippen molar-refractivity contribution in [3.05, 3.63) is 76.0 Å². The van der Waals surface area contributed by atoms with Crippen molar-refractivity contribution in [3.63, 3.8) is 0 Å². The summed E-state index contributed by atoms with van der Waals surface area (Å²) in [6, 6.07) is 12.9. The fourth-order valence-electron chi connectivity index (χ4n) is 2.23. The maximum absolute atomic E-state index is 10.9. The Morgan fingerprint density at radius 2 is 2.04 bits per heavy atom. The van der Waals surface area contributed by atoms with Gasteiger partial charge in [0.2, 0.25) is 0 Å². The van der Waals surface area contributed by atoms with Crippen molar-refractivity contribution in [2.45, 2.75) is 6.61 Å². The van der Waals surface area contributed by atoms with E-state index in [1.54, 1.807) is 30.3 Å². The van der Waals surface area contributed by atoms with Crippen molar-refractivity contribution < 1.29 is 19.6 Å². The van der Waals surface area contributed by atoms with Crippen LogP contribution >= 0.6 is 0 Å². The molecule has 1 aromatic heterocycles. The highest BCUT2D eigenvalue weighted by Crippen LogP contribution is 2.22. The molecule has 1 N–H and O–H groups in total. The van der Waals surface area contributed by atoms with E-state index in [1.165, 1.54) is 24.4 Å². The summed E-state index contributed by atoms with van der Waals surface area (Å²) in [4.78, 5) is 25.3. The molecule has 24 heavy (non-hydrogen) atoms. The number of nitro groups is 1. The number of aromatic nitrogens is 1. The minimum Gasteiger partial charge on any atom is -0.489 e. The first-order valence-electron chi connectivity index (χ1n) is 7.02. The molecule has 0 aliphatic rings. The number of nitro benzene ring substituents is 1. The van der Waals surface area contributed by atoms with Crippen molar-refractivity contribution in [2.24, 2.45) is 0 Å². The summed E-state index contributed by atoms with van der Waals surface area (Å²) < 4.78 is 5.63. The molecule has 0 aliphatic heterocycles. The maximum Gasteiger partial charge on any atom is 0.337 e. The van der Waals surface area contributed by atoms with E-state index in [-0.39, 0.29) is 17.9 Å². The summed E-state index contributed by atoms with van der Waals surface area (Å²) in [5.41, 5.74) is 1.42. The van der Waals surface area contributed by atoms with Crippen molar-refractivity contribution in [1.29, 1.82) is 0 Å². The largest absolute Gasteiger partial charge is 0.489 e. The number of fused-ring (bicyclic) bond motifs is 1. The second kappa shape index (κ2) is 6.33. The Balaban J connectivity index is 1.78. The minimum absolute atomic E-state index is 0.0116. The van der Waals surface area contributed by atoms with Gasteiger partial charge in [-0.15, -0.1) is 0 Å². The van der Waals surface area contributed by atoms with Crippen LogP contribution in [0.2, 0.25) is 0 Å². The highest BCUT2D eigenvalue weighted by molar-refractivity contribution is 5.92. The second-order valence-corrected chi connectivity index (χ2v) is 5.10. The standard InChI is InChI=1S/C17H12N2O5/c20-17(21)13-7-12-4-5-15(8-16(12)18-9-13)24-10-11-2-1-3-14(6-11)19(22)23/h1-9H,10H2,(H,20,21). The van der Waals surface area contributed by atoms with E-state index in [9.17, 15) is 14.9 Å². The van der Waals surface area contributed by atoms with Crippen LogP contribution in [0.4, 0.5) is 5.69 Å². The van der Waals surface area contributed by atoms with Gasteiger partial charge in [0.25, 0.3) is 5.69 Å². The zero-order valence-corrected chi connectivity index (χ0v) is 12.4. The lowest BCUT2D eigenvalue weighted by molar-refractivity contribution is -0.384. The first kappa shape index (κ1) is 15.4. The Morgan fingerprint density at radius 3 is 2.79 bits per heavy atom. The minimum atomic E-state index is -1.03. The molecule has 0 unspecified atom stereocenters. The number of carbonyl (C=O) groups is 1. The van der Waals surface area contributed by atoms with Gasteiger partial charge in [0, 0.05) is 29.8 Å². The van der Waals surface area contributed by atoms with E-state index >= 15 is 0 Å². The van der Waals surface area contributed by atoms with Crippen LogP contribution < -0.4 is 4.74 Å². The monoisotopic (exact) mass is 324 g/mol. The topological polar surface area (TPSA) is 103 Å². The number of benzene rings is 2. The third-order valence-corrected chi connectivity index (χ3v) is 3.43. The van der Waals surface area contributed by atoms with E-state index < -0.39 is 10.9 Å². The molecule has 0 amide bonds. The molecule has 0 fully saturated rings. The molecule has 7 nitrogen and oxygen atoms in total. The van der Waals surface area contributed by atoms with Gasteiger partial charge in [0.1, 0.15) is 12.4 Å². The zero-order chi connectivity index (χ0) is 17.1. The predicted octanol–water partition coefficient (Wildman–Crippen LogP) is 3.42. The molecule has 120 valence electrons. The smallest absolute Gasteiger partial charge is 0.337 e. The van der Waals surface area contributed by atoms with Gasteiger partial charge in [-0.25, -0.2) is 4.79 Å². The van der Waals surface area contributed by atoms with Crippen molar-refractivity contribution in [1.82, 2.24) is 4.98 Å². The number of nitrogens with zero attached hydrogens (tertiary/aromatic N) is 2. The normalized spacial score (nSPS) is 10.5. The zero-order valence-electron chi connectivity index (χ0n) is 12.4. The third-order valence-electron chi connectivity index (χ3n) is 3.43. The number of hydrogen-bond donors (Lipinski definition) is 1. The van der Waals surface area contributed by atoms with E-state index in [1.807, 2.05) is 0 Å². The van der Waals surface area contributed by atoms with Crippen LogP contribution in [0.3, 0.4) is 0 Å². The molecule has 0 bridgehead atoms. The summed E-state index contributed by atoms with van der Waals surface area (Å²) >= 11 is 0. The van der Waals surface area contributed by atoms with Gasteiger partial charge < -0.3 is 9.84 Å². The summed E-state index contributed by atoms with van der Waals surface area (Å²) in [5.74, 6) is -0.486. The molecule has 1 heterocycles. The van der Waals surface area contributed by atoms with E-state index in [0.717, 1.165) is 0 Å². The number of non-ortho nitro benzene ring substituents is 1. The van der Waals surface area contributed by atoms with Gasteiger partial charge in [0.15, 0.2) is 0 Å². The quantitative estimate of drug-likeness (QED) is 0.570. The fourth-order valence-corrected chi connectivity index (χ4v) is 2.23. The van der Waals surface area contributed by atoms with Gasteiger partial charge in [-0.1, -0.05) is 12.1 Å². The van der Waals surface area contributed by atoms with Crippen molar-refractivity contribution in [3.8, 4) is 5.75 Å². The predicted molar refractivity (Wildman–Crippen MR) is 86.1 cm³/mol. The molecule has 0 radical (unpaired) electrons. The summed E-state index contributed by atoms with van der Waals surface area (Å²) in [7, 11) is 0. The van der Waals surface area contributed by atoms with Gasteiger partial charge in [0.05, 0.1) is 16.0 Å². The molecular weight excluding hydrogens is 312 g/mol. The molecule has 0 aliphatic carbocycles. The molecule has 2 aromatic carbocycles. The Labute approximate surface area is 136 Å². The summed E-state index contributed by atoms with van der Waals surface area (Å²) in [6.45, 7) is 0.181. The second-order valence-electron chi connectivity index (χ2n) is 5.10. The first-order valence-corrected chi connectivity index (χ1v) is 7.02. The highest BCUT2D eigenvalue weighted by atomic mass is 16.6. The van der Waals surface area contributed by atoms with Gasteiger partial charge in [-0.2, -0.15) is 0 Å². The lowest BCUT2D eigenvalue weighted by Crippen LogP contribution is -1.98.